The molecule has 1 aliphatic rings. The molecule has 124 valence electrons. The average molecular weight is 325 g/mol. The molecule has 2 aromatic carbocycles. The highest BCUT2D eigenvalue weighted by Gasteiger charge is 2.13. The molecular formula is C19H19NO4. The number of hydrogen-bond donors (Lipinski definition) is 2. The molecule has 24 heavy (non-hydrogen) atoms. The lowest BCUT2D eigenvalue weighted by Crippen LogP contribution is -2.27. The SMILES string of the molecule is O=C(Cc1ccc2c(c1)COC2)NCCc1ccccc1C(=O)O. The van der Waals surface area contributed by atoms with Crippen LogP contribution in [0.1, 0.15) is 32.6 Å². The fourth-order valence-electron chi connectivity index (χ4n) is 2.87. The molecule has 1 aliphatic heterocycles. The number of nitrogens with one attached hydrogen (secondary N) is 1. The van der Waals surface area contributed by atoms with Crippen LogP contribution in [0.4, 0.5) is 0 Å². The summed E-state index contributed by atoms with van der Waals surface area (Å²) >= 11 is 0. The predicted octanol–water partition coefficient (Wildman–Crippen LogP) is 2.32. The number of ether oxygens (including phenoxy) is 1. The van der Waals surface area contributed by atoms with Gasteiger partial charge in [0.1, 0.15) is 0 Å². The van der Waals surface area contributed by atoms with Crippen LogP contribution in [0.5, 0.6) is 0 Å². The van der Waals surface area contributed by atoms with Gasteiger partial charge in [0.05, 0.1) is 25.2 Å². The second-order valence-electron chi connectivity index (χ2n) is 5.83. The van der Waals surface area contributed by atoms with E-state index in [4.69, 9.17) is 9.84 Å². The number of carboxylic acids is 1. The Balaban J connectivity index is 1.52. The third-order valence-electron chi connectivity index (χ3n) is 4.11. The van der Waals surface area contributed by atoms with Gasteiger partial charge < -0.3 is 15.2 Å². The lowest BCUT2D eigenvalue weighted by Gasteiger charge is -2.08. The van der Waals surface area contributed by atoms with Gasteiger partial charge in [-0.1, -0.05) is 36.4 Å². The van der Waals surface area contributed by atoms with Crippen LogP contribution >= 0.6 is 0 Å². The van der Waals surface area contributed by atoms with Gasteiger partial charge in [-0.15, -0.1) is 0 Å². The smallest absolute Gasteiger partial charge is 0.335 e. The van der Waals surface area contributed by atoms with Crippen molar-refractivity contribution in [1.29, 1.82) is 0 Å². The first-order valence-corrected chi connectivity index (χ1v) is 7.90. The van der Waals surface area contributed by atoms with E-state index in [0.29, 0.717) is 32.6 Å². The van der Waals surface area contributed by atoms with Gasteiger partial charge in [0, 0.05) is 6.54 Å². The number of carbonyl (C=O) groups excluding carboxylic acids is 1. The van der Waals surface area contributed by atoms with Crippen LogP contribution in [0, 0.1) is 0 Å². The summed E-state index contributed by atoms with van der Waals surface area (Å²) in [5, 5.41) is 12.0. The van der Waals surface area contributed by atoms with Crippen molar-refractivity contribution in [2.75, 3.05) is 6.54 Å². The number of aromatic carboxylic acids is 1. The largest absolute Gasteiger partial charge is 0.478 e. The molecule has 0 atom stereocenters. The Morgan fingerprint density at radius 2 is 1.88 bits per heavy atom. The highest BCUT2D eigenvalue weighted by atomic mass is 16.5. The van der Waals surface area contributed by atoms with E-state index in [2.05, 4.69) is 5.32 Å². The number of amides is 1. The fourth-order valence-corrected chi connectivity index (χ4v) is 2.87. The van der Waals surface area contributed by atoms with Crippen molar-refractivity contribution in [3.63, 3.8) is 0 Å². The summed E-state index contributed by atoms with van der Waals surface area (Å²) in [4.78, 5) is 23.2. The zero-order valence-electron chi connectivity index (χ0n) is 13.2. The Morgan fingerprint density at radius 1 is 1.08 bits per heavy atom. The second-order valence-corrected chi connectivity index (χ2v) is 5.83. The van der Waals surface area contributed by atoms with Crippen LogP contribution in [0.15, 0.2) is 42.5 Å². The van der Waals surface area contributed by atoms with E-state index in [1.165, 1.54) is 5.56 Å². The number of carboxylic acid groups (broad SMARTS) is 1. The molecule has 2 aromatic rings. The first kappa shape index (κ1) is 16.2. The molecule has 0 aliphatic carbocycles. The Kier molecular flexibility index (Phi) is 4.91. The molecule has 3 rings (SSSR count). The molecule has 0 aromatic heterocycles. The van der Waals surface area contributed by atoms with E-state index in [9.17, 15) is 9.59 Å². The van der Waals surface area contributed by atoms with Crippen molar-refractivity contribution in [3.05, 3.63) is 70.3 Å². The van der Waals surface area contributed by atoms with Gasteiger partial charge in [-0.05, 0) is 34.7 Å². The number of fused-ring (bicyclic) bond motifs is 1. The number of rotatable bonds is 6. The van der Waals surface area contributed by atoms with Crippen molar-refractivity contribution < 1.29 is 19.4 Å². The highest BCUT2D eigenvalue weighted by molar-refractivity contribution is 5.89. The van der Waals surface area contributed by atoms with Crippen LogP contribution in [0.3, 0.4) is 0 Å². The normalized spacial score (nSPS) is 12.7. The maximum absolute atomic E-state index is 12.1. The van der Waals surface area contributed by atoms with Crippen molar-refractivity contribution in [2.45, 2.75) is 26.1 Å². The molecule has 0 bridgehead atoms. The number of carbonyl (C=O) groups is 2. The molecule has 0 fully saturated rings. The van der Waals surface area contributed by atoms with E-state index in [-0.39, 0.29) is 11.5 Å². The van der Waals surface area contributed by atoms with E-state index in [0.717, 1.165) is 16.7 Å². The summed E-state index contributed by atoms with van der Waals surface area (Å²) in [6.45, 7) is 1.67. The second kappa shape index (κ2) is 7.27. The van der Waals surface area contributed by atoms with Gasteiger partial charge >= 0.3 is 5.97 Å². The highest BCUT2D eigenvalue weighted by Crippen LogP contribution is 2.21. The van der Waals surface area contributed by atoms with Crippen molar-refractivity contribution in [2.24, 2.45) is 0 Å². The van der Waals surface area contributed by atoms with Gasteiger partial charge in [0.15, 0.2) is 0 Å². The first-order chi connectivity index (χ1) is 11.6. The zero-order valence-corrected chi connectivity index (χ0v) is 13.2. The summed E-state index contributed by atoms with van der Waals surface area (Å²) in [6.07, 6.45) is 0.806. The first-order valence-electron chi connectivity index (χ1n) is 7.90. The van der Waals surface area contributed by atoms with E-state index in [1.54, 1.807) is 24.3 Å². The monoisotopic (exact) mass is 325 g/mol. The van der Waals surface area contributed by atoms with Gasteiger partial charge in [0.25, 0.3) is 0 Å². The third-order valence-corrected chi connectivity index (χ3v) is 4.11. The molecule has 0 unspecified atom stereocenters. The van der Waals surface area contributed by atoms with Crippen LogP contribution in [-0.4, -0.2) is 23.5 Å². The molecule has 0 spiro atoms. The third kappa shape index (κ3) is 3.81. The van der Waals surface area contributed by atoms with Gasteiger partial charge in [0.2, 0.25) is 5.91 Å². The topological polar surface area (TPSA) is 75.6 Å². The van der Waals surface area contributed by atoms with Gasteiger partial charge in [-0.2, -0.15) is 0 Å². The maximum Gasteiger partial charge on any atom is 0.335 e. The van der Waals surface area contributed by atoms with E-state index >= 15 is 0 Å². The molecule has 1 heterocycles. The van der Waals surface area contributed by atoms with Crippen molar-refractivity contribution in [3.8, 4) is 0 Å². The molecule has 1 amide bonds. The minimum atomic E-state index is -0.947. The summed E-state index contributed by atoms with van der Waals surface area (Å²) in [7, 11) is 0. The Morgan fingerprint density at radius 3 is 2.71 bits per heavy atom. The fraction of sp³-hybridized carbons (Fsp3) is 0.263. The Bertz CT molecular complexity index is 770. The van der Waals surface area contributed by atoms with E-state index in [1.807, 2.05) is 18.2 Å². The molecular weight excluding hydrogens is 306 g/mol. The quantitative estimate of drug-likeness (QED) is 0.854. The van der Waals surface area contributed by atoms with Crippen molar-refractivity contribution in [1.82, 2.24) is 5.32 Å². The molecule has 2 N–H and O–H groups in total. The number of benzene rings is 2. The average Bonchev–Trinajstić information content (AvgIpc) is 3.03. The van der Waals surface area contributed by atoms with Crippen LogP contribution in [0.25, 0.3) is 0 Å². The summed E-state index contributed by atoms with van der Waals surface area (Å²) < 4.78 is 5.37. The molecule has 0 saturated carbocycles. The summed E-state index contributed by atoms with van der Waals surface area (Å²) in [5.74, 6) is -1.01. The predicted molar refractivity (Wildman–Crippen MR) is 88.8 cm³/mol. The molecule has 0 saturated heterocycles. The standard InChI is InChI=1S/C19H19NO4/c21-18(10-13-5-6-15-11-24-12-16(15)9-13)20-8-7-14-3-1-2-4-17(14)19(22)23/h1-6,9H,7-8,10-12H2,(H,20,21)(H,22,23). The lowest BCUT2D eigenvalue weighted by atomic mass is 10.0. The maximum atomic E-state index is 12.1. The summed E-state index contributed by atoms with van der Waals surface area (Å²) in [5.41, 5.74) is 4.30. The minimum Gasteiger partial charge on any atom is -0.478 e. The van der Waals surface area contributed by atoms with Crippen molar-refractivity contribution >= 4 is 11.9 Å². The minimum absolute atomic E-state index is 0.0679. The molecule has 0 radical (unpaired) electrons. The molecule has 5 heteroatoms. The van der Waals surface area contributed by atoms with E-state index < -0.39 is 5.97 Å². The van der Waals surface area contributed by atoms with Gasteiger partial charge in [-0.3, -0.25) is 4.79 Å². The summed E-state index contributed by atoms with van der Waals surface area (Å²) in [6, 6.07) is 12.8. The van der Waals surface area contributed by atoms with Crippen LogP contribution in [-0.2, 0) is 35.6 Å². The molecule has 5 nitrogen and oxygen atoms in total. The zero-order chi connectivity index (χ0) is 16.9. The number of hydrogen-bond acceptors (Lipinski definition) is 3. The van der Waals surface area contributed by atoms with Crippen LogP contribution in [0.2, 0.25) is 0 Å². The lowest BCUT2D eigenvalue weighted by molar-refractivity contribution is -0.120. The Hall–Kier alpha value is -2.66. The Labute approximate surface area is 140 Å². The van der Waals surface area contributed by atoms with Gasteiger partial charge in [-0.25, -0.2) is 4.79 Å². The van der Waals surface area contributed by atoms with Crippen LogP contribution < -0.4 is 5.32 Å².